The number of oxazole rings is 1. The normalized spacial score (nSPS) is 16.4. The summed E-state index contributed by atoms with van der Waals surface area (Å²) in [7, 11) is 0. The Morgan fingerprint density at radius 3 is 2.84 bits per heavy atom. The molecule has 0 amide bonds. The number of guanidine groups is 1. The second-order valence-corrected chi connectivity index (χ2v) is 7.76. The number of nitriles is 1. The molecule has 3 aromatic rings. The van der Waals surface area contributed by atoms with Crippen LogP contribution in [0.3, 0.4) is 0 Å². The van der Waals surface area contributed by atoms with Gasteiger partial charge in [0, 0.05) is 31.2 Å². The van der Waals surface area contributed by atoms with Crippen molar-refractivity contribution in [3.63, 3.8) is 0 Å². The van der Waals surface area contributed by atoms with Crippen molar-refractivity contribution in [1.29, 1.82) is 5.26 Å². The van der Waals surface area contributed by atoms with E-state index in [9.17, 15) is 5.26 Å². The van der Waals surface area contributed by atoms with Crippen molar-refractivity contribution >= 4 is 11.6 Å². The molecule has 0 bridgehead atoms. The molecule has 1 fully saturated rings. The van der Waals surface area contributed by atoms with Gasteiger partial charge in [-0.25, -0.2) is 9.98 Å². The number of piperidine rings is 1. The Bertz CT molecular complexity index is 1090. The highest BCUT2D eigenvalue weighted by Gasteiger charge is 2.22. The minimum atomic E-state index is 0.241. The second kappa shape index (κ2) is 10.5. The van der Waals surface area contributed by atoms with Crippen LogP contribution >= 0.6 is 0 Å². The molecular weight excluding hydrogens is 400 g/mol. The summed E-state index contributed by atoms with van der Waals surface area (Å²) >= 11 is 0. The van der Waals surface area contributed by atoms with Crippen LogP contribution < -0.4 is 15.5 Å². The maximum Gasteiger partial charge on any atom is 0.226 e. The van der Waals surface area contributed by atoms with Gasteiger partial charge in [-0.2, -0.15) is 5.26 Å². The quantitative estimate of drug-likeness (QED) is 0.457. The Hall–Kier alpha value is -3.79. The van der Waals surface area contributed by atoms with Crippen molar-refractivity contribution < 1.29 is 4.42 Å². The molecule has 1 atom stereocenters. The molecule has 4 rings (SSSR count). The highest BCUT2D eigenvalue weighted by molar-refractivity contribution is 5.80. The lowest BCUT2D eigenvalue weighted by Gasteiger charge is -2.35. The number of benzene rings is 2. The van der Waals surface area contributed by atoms with E-state index in [1.807, 2.05) is 54.6 Å². The van der Waals surface area contributed by atoms with E-state index < -0.39 is 0 Å². The van der Waals surface area contributed by atoms with Gasteiger partial charge in [0.15, 0.2) is 5.96 Å². The third-order valence-electron chi connectivity index (χ3n) is 5.44. The van der Waals surface area contributed by atoms with Gasteiger partial charge in [0.05, 0.1) is 17.8 Å². The van der Waals surface area contributed by atoms with Crippen LogP contribution in [0, 0.1) is 11.3 Å². The van der Waals surface area contributed by atoms with Crippen molar-refractivity contribution in [2.24, 2.45) is 4.99 Å². The van der Waals surface area contributed by atoms with Gasteiger partial charge in [0.2, 0.25) is 5.89 Å². The zero-order chi connectivity index (χ0) is 22.2. The number of aliphatic imine (C=N–C) groups is 1. The number of rotatable bonds is 6. The molecule has 164 valence electrons. The van der Waals surface area contributed by atoms with Crippen LogP contribution in [0.1, 0.15) is 31.0 Å². The molecule has 0 saturated carbocycles. The maximum atomic E-state index is 9.45. The summed E-state index contributed by atoms with van der Waals surface area (Å²) in [4.78, 5) is 11.6. The maximum absolute atomic E-state index is 9.45. The number of nitrogens with one attached hydrogen (secondary N) is 2. The van der Waals surface area contributed by atoms with E-state index in [4.69, 9.17) is 9.41 Å². The van der Waals surface area contributed by atoms with E-state index in [0.717, 1.165) is 55.4 Å². The van der Waals surface area contributed by atoms with E-state index in [2.05, 4.69) is 33.5 Å². The molecule has 2 N–H and O–H groups in total. The molecule has 2 heterocycles. The largest absolute Gasteiger partial charge is 0.444 e. The summed E-state index contributed by atoms with van der Waals surface area (Å²) in [5.74, 6) is 1.37. The van der Waals surface area contributed by atoms with Crippen LogP contribution in [-0.4, -0.2) is 36.6 Å². The molecular formula is C25H28N6O. The first-order valence-corrected chi connectivity index (χ1v) is 11.1. The Balaban J connectivity index is 1.41. The number of hydrogen-bond donors (Lipinski definition) is 2. The molecule has 0 spiro atoms. The van der Waals surface area contributed by atoms with Gasteiger partial charge >= 0.3 is 0 Å². The Kier molecular flexibility index (Phi) is 7.03. The molecule has 7 heteroatoms. The Morgan fingerprint density at radius 2 is 2.03 bits per heavy atom. The summed E-state index contributed by atoms with van der Waals surface area (Å²) in [6.07, 6.45) is 3.77. The predicted molar refractivity (Wildman–Crippen MR) is 126 cm³/mol. The molecule has 1 aromatic heterocycles. The first-order chi connectivity index (χ1) is 15.8. The molecule has 1 aliphatic rings. The standard InChI is InChI=1S/C25H28N6O/c1-2-27-25(28-16-22-18-32-24(29-22)19-9-4-3-5-10-19)30-21-12-8-14-31(17-21)23-13-7-6-11-20(23)15-26/h3-7,9-11,13,18,21H,2,8,12,14,16-17H2,1H3,(H2,27,28,30). The molecule has 32 heavy (non-hydrogen) atoms. The number of anilines is 1. The molecule has 0 radical (unpaired) electrons. The smallest absolute Gasteiger partial charge is 0.226 e. The molecule has 1 aliphatic heterocycles. The molecule has 1 unspecified atom stereocenters. The van der Waals surface area contributed by atoms with Crippen molar-refractivity contribution in [2.75, 3.05) is 24.5 Å². The number of nitrogens with zero attached hydrogens (tertiary/aromatic N) is 4. The van der Waals surface area contributed by atoms with E-state index in [1.165, 1.54) is 0 Å². The summed E-state index contributed by atoms with van der Waals surface area (Å²) in [6, 6.07) is 20.2. The highest BCUT2D eigenvalue weighted by atomic mass is 16.3. The van der Waals surface area contributed by atoms with Crippen LogP contribution in [0.5, 0.6) is 0 Å². The lowest BCUT2D eigenvalue weighted by molar-refractivity contribution is 0.468. The van der Waals surface area contributed by atoms with Crippen molar-refractivity contribution in [3.8, 4) is 17.5 Å². The molecule has 7 nitrogen and oxygen atoms in total. The van der Waals surface area contributed by atoms with Gasteiger partial charge in [-0.1, -0.05) is 30.3 Å². The predicted octanol–water partition coefficient (Wildman–Crippen LogP) is 3.94. The average molecular weight is 429 g/mol. The zero-order valence-electron chi connectivity index (χ0n) is 18.3. The fraction of sp³-hybridized carbons (Fsp3) is 0.320. The van der Waals surface area contributed by atoms with Crippen LogP contribution in [0.25, 0.3) is 11.5 Å². The van der Waals surface area contributed by atoms with Gasteiger partial charge in [-0.15, -0.1) is 0 Å². The van der Waals surface area contributed by atoms with E-state index in [0.29, 0.717) is 18.0 Å². The third kappa shape index (κ3) is 5.27. The van der Waals surface area contributed by atoms with Gasteiger partial charge in [0.25, 0.3) is 0 Å². The van der Waals surface area contributed by atoms with Gasteiger partial charge < -0.3 is 20.0 Å². The van der Waals surface area contributed by atoms with Gasteiger partial charge in [0.1, 0.15) is 18.0 Å². The molecule has 1 saturated heterocycles. The fourth-order valence-corrected chi connectivity index (χ4v) is 3.92. The number of hydrogen-bond acceptors (Lipinski definition) is 5. The van der Waals surface area contributed by atoms with Crippen molar-refractivity contribution in [1.82, 2.24) is 15.6 Å². The minimum Gasteiger partial charge on any atom is -0.444 e. The monoisotopic (exact) mass is 428 g/mol. The van der Waals surface area contributed by atoms with Crippen molar-refractivity contribution in [3.05, 3.63) is 72.1 Å². The number of aromatic nitrogens is 1. The SMILES string of the molecule is CCNC(=NCc1coc(-c2ccccc2)n1)NC1CCCN(c2ccccc2C#N)C1. The topological polar surface area (TPSA) is 89.5 Å². The molecule has 2 aromatic carbocycles. The minimum absolute atomic E-state index is 0.241. The van der Waals surface area contributed by atoms with Gasteiger partial charge in [-0.3, -0.25) is 0 Å². The summed E-state index contributed by atoms with van der Waals surface area (Å²) in [5.41, 5.74) is 3.45. The van der Waals surface area contributed by atoms with Crippen LogP contribution in [0.15, 0.2) is 70.3 Å². The summed E-state index contributed by atoms with van der Waals surface area (Å²) in [5, 5.41) is 16.3. The van der Waals surface area contributed by atoms with Crippen LogP contribution in [0.2, 0.25) is 0 Å². The Morgan fingerprint density at radius 1 is 1.22 bits per heavy atom. The van der Waals surface area contributed by atoms with Crippen molar-refractivity contribution in [2.45, 2.75) is 32.4 Å². The average Bonchev–Trinajstić information content (AvgIpc) is 3.32. The summed E-state index contributed by atoms with van der Waals surface area (Å²) < 4.78 is 5.62. The van der Waals surface area contributed by atoms with E-state index >= 15 is 0 Å². The van der Waals surface area contributed by atoms with E-state index in [1.54, 1.807) is 6.26 Å². The van der Waals surface area contributed by atoms with Crippen LogP contribution in [0.4, 0.5) is 5.69 Å². The lowest BCUT2D eigenvalue weighted by Crippen LogP contribution is -2.51. The van der Waals surface area contributed by atoms with Gasteiger partial charge in [-0.05, 0) is 44.0 Å². The lowest BCUT2D eigenvalue weighted by atomic mass is 10.0. The van der Waals surface area contributed by atoms with E-state index in [-0.39, 0.29) is 6.04 Å². The first kappa shape index (κ1) is 21.4. The van der Waals surface area contributed by atoms with Crippen LogP contribution in [-0.2, 0) is 6.54 Å². The highest BCUT2D eigenvalue weighted by Crippen LogP contribution is 2.23. The second-order valence-electron chi connectivity index (χ2n) is 7.76. The molecule has 0 aliphatic carbocycles. The summed E-state index contributed by atoms with van der Waals surface area (Å²) in [6.45, 7) is 5.03. The first-order valence-electron chi connectivity index (χ1n) is 11.1. The fourth-order valence-electron chi connectivity index (χ4n) is 3.92. The third-order valence-corrected chi connectivity index (χ3v) is 5.44. The number of para-hydroxylation sites is 1. The Labute approximate surface area is 188 Å². The zero-order valence-corrected chi connectivity index (χ0v) is 18.3.